The minimum Gasteiger partial charge on any atom is -0.446 e. The molecule has 0 heterocycles. The van der Waals surface area contributed by atoms with E-state index in [4.69, 9.17) is 10.5 Å². The third kappa shape index (κ3) is 4.29. The number of rotatable bonds is 4. The Morgan fingerprint density at radius 2 is 1.50 bits per heavy atom. The van der Waals surface area contributed by atoms with E-state index in [1.807, 2.05) is 5.43 Å². The lowest BCUT2D eigenvalue weighted by atomic mass is 10.2. The van der Waals surface area contributed by atoms with Crippen LogP contribution in [0.1, 0.15) is 5.56 Å². The molecule has 0 saturated heterocycles. The lowest BCUT2D eigenvalue weighted by Gasteiger charge is -2.14. The molecule has 0 fully saturated rings. The van der Waals surface area contributed by atoms with Crippen LogP contribution in [0.5, 0.6) is 11.5 Å². The molecule has 12 heteroatoms. The lowest BCUT2D eigenvalue weighted by molar-refractivity contribution is -0.138. The van der Waals surface area contributed by atoms with Crippen molar-refractivity contribution in [3.05, 3.63) is 53.1 Å². The molecule has 144 valence electrons. The van der Waals surface area contributed by atoms with Crippen LogP contribution in [0.25, 0.3) is 0 Å². The minimum absolute atomic E-state index is 0.0929. The van der Waals surface area contributed by atoms with Crippen molar-refractivity contribution in [1.29, 1.82) is 10.5 Å². The van der Waals surface area contributed by atoms with Crippen molar-refractivity contribution >= 4 is 11.4 Å². The zero-order valence-electron chi connectivity index (χ0n) is 13.2. The monoisotopic (exact) mass is 402 g/mol. The highest BCUT2D eigenvalue weighted by molar-refractivity contribution is 6.10. The molecule has 0 aliphatic heterocycles. The average molecular weight is 402 g/mol. The molecule has 0 bridgehead atoms. The summed E-state index contributed by atoms with van der Waals surface area (Å²) in [7, 11) is 0. The van der Waals surface area contributed by atoms with Crippen LogP contribution in [0, 0.1) is 45.9 Å². The van der Waals surface area contributed by atoms with Gasteiger partial charge in [-0.3, -0.25) is 5.43 Å². The minimum atomic E-state index is -5.06. The maximum absolute atomic E-state index is 14.0. The molecule has 0 radical (unpaired) electrons. The van der Waals surface area contributed by atoms with Crippen LogP contribution < -0.4 is 10.2 Å². The Morgan fingerprint density at radius 1 is 0.929 bits per heavy atom. The predicted molar refractivity (Wildman–Crippen MR) is 80.1 cm³/mol. The number of halogens is 7. The van der Waals surface area contributed by atoms with Crippen LogP contribution in [0.3, 0.4) is 0 Å². The summed E-state index contributed by atoms with van der Waals surface area (Å²) in [5, 5.41) is 20.4. The van der Waals surface area contributed by atoms with Crippen LogP contribution in [-0.2, 0) is 6.18 Å². The predicted octanol–water partition coefficient (Wildman–Crippen LogP) is 4.87. The van der Waals surface area contributed by atoms with Crippen molar-refractivity contribution in [2.75, 3.05) is 5.43 Å². The van der Waals surface area contributed by atoms with E-state index < -0.39 is 57.9 Å². The first-order valence-electron chi connectivity index (χ1n) is 6.94. The molecule has 0 amide bonds. The molecule has 0 spiro atoms. The van der Waals surface area contributed by atoms with E-state index in [9.17, 15) is 30.7 Å². The van der Waals surface area contributed by atoms with Crippen molar-refractivity contribution in [1.82, 2.24) is 0 Å². The van der Waals surface area contributed by atoms with E-state index in [1.165, 1.54) is 12.1 Å². The van der Waals surface area contributed by atoms with E-state index in [0.717, 1.165) is 6.07 Å². The number of benzene rings is 2. The number of hydrogen-bond donors (Lipinski definition) is 1. The van der Waals surface area contributed by atoms with Gasteiger partial charge in [-0.1, -0.05) is 0 Å². The number of nitrogens with one attached hydrogen (secondary N) is 1. The topological polar surface area (TPSA) is 81.2 Å². The van der Waals surface area contributed by atoms with Gasteiger partial charge in [0.25, 0.3) is 0 Å². The van der Waals surface area contributed by atoms with Crippen LogP contribution in [0.4, 0.5) is 36.4 Å². The number of nitriles is 2. The molecule has 5 nitrogen and oxygen atoms in total. The van der Waals surface area contributed by atoms with Crippen LogP contribution >= 0.6 is 0 Å². The zero-order valence-corrected chi connectivity index (χ0v) is 13.2. The normalized spacial score (nSPS) is 10.6. The summed E-state index contributed by atoms with van der Waals surface area (Å²) in [6, 6.07) is 3.87. The first-order chi connectivity index (χ1) is 13.1. The second kappa shape index (κ2) is 7.84. The Balaban J connectivity index is 2.52. The second-order valence-electron chi connectivity index (χ2n) is 4.90. The summed E-state index contributed by atoms with van der Waals surface area (Å²) in [6.07, 6.45) is -5.06. The van der Waals surface area contributed by atoms with Gasteiger partial charge >= 0.3 is 6.18 Å². The molecule has 0 atom stereocenters. The first kappa shape index (κ1) is 20.5. The number of anilines is 1. The molecule has 0 aliphatic carbocycles. The number of hydrazone groups is 1. The van der Waals surface area contributed by atoms with Gasteiger partial charge in [0.1, 0.15) is 17.8 Å². The van der Waals surface area contributed by atoms with E-state index >= 15 is 0 Å². The summed E-state index contributed by atoms with van der Waals surface area (Å²) in [5.74, 6) is -9.55. The first-order valence-corrected chi connectivity index (χ1v) is 6.94. The Bertz CT molecular complexity index is 996. The highest BCUT2D eigenvalue weighted by Crippen LogP contribution is 2.39. The van der Waals surface area contributed by atoms with E-state index in [-0.39, 0.29) is 12.1 Å². The fourth-order valence-electron chi connectivity index (χ4n) is 1.83. The zero-order chi connectivity index (χ0) is 21.1. The third-order valence-electron chi connectivity index (χ3n) is 3.08. The quantitative estimate of drug-likeness (QED) is 0.450. The van der Waals surface area contributed by atoms with Gasteiger partial charge in [-0.05, 0) is 24.3 Å². The average Bonchev–Trinajstić information content (AvgIpc) is 2.62. The summed E-state index contributed by atoms with van der Waals surface area (Å²) in [5.41, 5.74) is -1.00. The highest BCUT2D eigenvalue weighted by Gasteiger charge is 2.33. The molecular formula is C16H5F7N4O. The largest absolute Gasteiger partial charge is 0.446 e. The van der Waals surface area contributed by atoms with Gasteiger partial charge < -0.3 is 4.74 Å². The van der Waals surface area contributed by atoms with Crippen molar-refractivity contribution in [3.8, 4) is 23.6 Å². The maximum atomic E-state index is 14.0. The molecule has 2 aromatic rings. The Hall–Kier alpha value is -3.80. The Morgan fingerprint density at radius 3 is 2.00 bits per heavy atom. The van der Waals surface area contributed by atoms with Crippen molar-refractivity contribution in [2.24, 2.45) is 5.10 Å². The summed E-state index contributed by atoms with van der Waals surface area (Å²) in [6.45, 7) is 0. The van der Waals surface area contributed by atoms with Gasteiger partial charge in [0.05, 0.1) is 5.56 Å². The molecule has 0 unspecified atom stereocenters. The van der Waals surface area contributed by atoms with Gasteiger partial charge in [0.15, 0.2) is 29.0 Å². The number of hydrogen-bond acceptors (Lipinski definition) is 5. The van der Waals surface area contributed by atoms with Gasteiger partial charge in [-0.2, -0.15) is 33.2 Å². The van der Waals surface area contributed by atoms with E-state index in [2.05, 4.69) is 9.84 Å². The van der Waals surface area contributed by atoms with Crippen LogP contribution in [0.2, 0.25) is 0 Å². The van der Waals surface area contributed by atoms with Crippen LogP contribution in [0.15, 0.2) is 29.4 Å². The van der Waals surface area contributed by atoms with Crippen molar-refractivity contribution in [3.63, 3.8) is 0 Å². The molecular weight excluding hydrogens is 397 g/mol. The Labute approximate surface area is 151 Å². The lowest BCUT2D eigenvalue weighted by Crippen LogP contribution is -2.08. The molecule has 28 heavy (non-hydrogen) atoms. The smallest absolute Gasteiger partial charge is 0.416 e. The molecule has 1 N–H and O–H groups in total. The van der Waals surface area contributed by atoms with Crippen molar-refractivity contribution < 1.29 is 35.5 Å². The van der Waals surface area contributed by atoms with Gasteiger partial charge in [0.2, 0.25) is 11.5 Å². The summed E-state index contributed by atoms with van der Waals surface area (Å²) in [4.78, 5) is 0. The standard InChI is InChI=1S/C16H5F7N4O/c17-9-1-2-12(27-26-8(5-24)6-25)15(13(9)20)28-14-10(18)3-7(4-11(14)19)16(21,22)23/h1-4,27H. The highest BCUT2D eigenvalue weighted by atomic mass is 19.4. The van der Waals surface area contributed by atoms with Gasteiger partial charge in [-0.15, -0.1) is 0 Å². The molecule has 0 aromatic heterocycles. The summed E-state index contributed by atoms with van der Waals surface area (Å²) < 4.78 is 97.6. The summed E-state index contributed by atoms with van der Waals surface area (Å²) >= 11 is 0. The molecule has 0 aliphatic rings. The van der Waals surface area contributed by atoms with Crippen molar-refractivity contribution in [2.45, 2.75) is 6.18 Å². The van der Waals surface area contributed by atoms with Gasteiger partial charge in [-0.25, -0.2) is 13.2 Å². The fraction of sp³-hybridized carbons (Fsp3) is 0.0625. The maximum Gasteiger partial charge on any atom is 0.416 e. The SMILES string of the molecule is N#CC(C#N)=NNc1ccc(F)c(F)c1Oc1c(F)cc(C(F)(F)F)cc1F. The number of ether oxygens (including phenoxy) is 1. The molecule has 2 aromatic carbocycles. The van der Waals surface area contributed by atoms with Crippen LogP contribution in [-0.4, -0.2) is 5.71 Å². The third-order valence-corrected chi connectivity index (χ3v) is 3.08. The number of nitrogens with zero attached hydrogens (tertiary/aromatic N) is 3. The molecule has 2 rings (SSSR count). The van der Waals surface area contributed by atoms with E-state index in [0.29, 0.717) is 6.07 Å². The second-order valence-corrected chi connectivity index (χ2v) is 4.90. The Kier molecular flexibility index (Phi) is 5.74. The fourth-order valence-corrected chi connectivity index (χ4v) is 1.83. The molecule has 0 saturated carbocycles. The number of alkyl halides is 3. The van der Waals surface area contributed by atoms with E-state index in [1.54, 1.807) is 0 Å². The van der Waals surface area contributed by atoms with Gasteiger partial charge in [0, 0.05) is 0 Å².